The minimum absolute atomic E-state index is 0.0648. The van der Waals surface area contributed by atoms with Crippen molar-refractivity contribution in [3.05, 3.63) is 62.9 Å². The van der Waals surface area contributed by atoms with E-state index in [1.807, 2.05) is 14.1 Å². The summed E-state index contributed by atoms with van der Waals surface area (Å²) in [6.45, 7) is 0. The molecule has 0 unspecified atom stereocenters. The minimum Gasteiger partial charge on any atom is -0.382 e. The number of carbonyl (C=O) groups excluding carboxylic acids is 1. The van der Waals surface area contributed by atoms with Crippen LogP contribution in [0.25, 0.3) is 5.57 Å². The molecule has 1 heterocycles. The predicted octanol–water partition coefficient (Wildman–Crippen LogP) is 4.06. The number of hydrogen-bond acceptors (Lipinski definition) is 4. The number of thiophene rings is 1. The Balaban J connectivity index is 2.30. The van der Waals surface area contributed by atoms with Gasteiger partial charge in [0, 0.05) is 35.8 Å². The Bertz CT molecular complexity index is 723. The number of hydrogen-bond donors (Lipinski definition) is 0. The van der Waals surface area contributed by atoms with Crippen LogP contribution in [0.3, 0.4) is 0 Å². The van der Waals surface area contributed by atoms with Crippen molar-refractivity contribution in [3.63, 3.8) is 0 Å². The molecule has 2 rings (SSSR count). The number of ketones is 1. The molecule has 0 radical (unpaired) electrons. The van der Waals surface area contributed by atoms with E-state index in [1.165, 1.54) is 11.3 Å². The highest BCUT2D eigenvalue weighted by Crippen LogP contribution is 2.26. The molecule has 0 bridgehead atoms. The molecule has 3 nitrogen and oxygen atoms in total. The van der Waals surface area contributed by atoms with E-state index in [-0.39, 0.29) is 5.78 Å². The van der Waals surface area contributed by atoms with Gasteiger partial charge in [-0.15, -0.1) is 11.3 Å². The molecule has 0 aliphatic heterocycles. The number of rotatable bonds is 4. The van der Waals surface area contributed by atoms with Gasteiger partial charge >= 0.3 is 0 Å². The van der Waals surface area contributed by atoms with Crippen LogP contribution in [-0.2, 0) is 0 Å². The Morgan fingerprint density at radius 2 is 1.81 bits per heavy atom. The zero-order valence-corrected chi connectivity index (χ0v) is 13.2. The van der Waals surface area contributed by atoms with Crippen LogP contribution in [0.15, 0.2) is 42.6 Å². The first-order valence-electron chi connectivity index (χ1n) is 6.20. The highest BCUT2D eigenvalue weighted by molar-refractivity contribution is 7.15. The average molecular weight is 317 g/mol. The average Bonchev–Trinajstić information content (AvgIpc) is 2.94. The normalized spacial score (nSPS) is 11.0. The van der Waals surface area contributed by atoms with E-state index < -0.39 is 0 Å². The van der Waals surface area contributed by atoms with E-state index in [2.05, 4.69) is 6.07 Å². The number of allylic oxidation sites excluding steroid dienone is 1. The quantitative estimate of drug-likeness (QED) is 0.631. The summed E-state index contributed by atoms with van der Waals surface area (Å²) in [6, 6.07) is 12.5. The lowest BCUT2D eigenvalue weighted by Gasteiger charge is -2.04. The van der Waals surface area contributed by atoms with Crippen molar-refractivity contribution in [3.8, 4) is 6.07 Å². The van der Waals surface area contributed by atoms with Crippen LogP contribution in [0.1, 0.15) is 20.1 Å². The molecule has 2 aromatic rings. The molecule has 0 spiro atoms. The Hall–Kier alpha value is -2.09. The number of nitrogens with zero attached hydrogens (tertiary/aromatic N) is 2. The molecule has 1 aromatic heterocycles. The fourth-order valence-electron chi connectivity index (χ4n) is 1.75. The van der Waals surface area contributed by atoms with Crippen LogP contribution in [0.4, 0.5) is 0 Å². The summed E-state index contributed by atoms with van der Waals surface area (Å²) in [5.74, 6) is -0.0648. The smallest absolute Gasteiger partial charge is 0.202 e. The number of carbonyl (C=O) groups is 1. The second kappa shape index (κ2) is 6.57. The van der Waals surface area contributed by atoms with Crippen molar-refractivity contribution in [2.45, 2.75) is 0 Å². The molecule has 106 valence electrons. The van der Waals surface area contributed by atoms with Crippen molar-refractivity contribution in [2.24, 2.45) is 0 Å². The van der Waals surface area contributed by atoms with Gasteiger partial charge in [0.25, 0.3) is 0 Å². The highest BCUT2D eigenvalue weighted by Gasteiger charge is 2.13. The van der Waals surface area contributed by atoms with Crippen molar-refractivity contribution in [1.29, 1.82) is 5.26 Å². The van der Waals surface area contributed by atoms with Gasteiger partial charge in [-0.2, -0.15) is 5.26 Å². The van der Waals surface area contributed by atoms with Crippen LogP contribution < -0.4 is 0 Å². The van der Waals surface area contributed by atoms with E-state index in [0.29, 0.717) is 21.0 Å². The molecule has 0 amide bonds. The zero-order valence-electron chi connectivity index (χ0n) is 11.6. The first-order valence-corrected chi connectivity index (χ1v) is 7.39. The van der Waals surface area contributed by atoms with Gasteiger partial charge < -0.3 is 4.90 Å². The van der Waals surface area contributed by atoms with Gasteiger partial charge in [0.05, 0.1) is 10.5 Å². The standard InChI is InChI=1S/C16H13ClN2OS/c1-19(2)10-12(9-18)14-7-8-15(21-14)16(20)11-3-5-13(17)6-4-11/h3-8,10H,1-2H3. The third kappa shape index (κ3) is 3.72. The van der Waals surface area contributed by atoms with Gasteiger partial charge in [-0.3, -0.25) is 4.79 Å². The monoisotopic (exact) mass is 316 g/mol. The molecule has 0 aliphatic rings. The Morgan fingerprint density at radius 3 is 2.38 bits per heavy atom. The number of benzene rings is 1. The Labute approximate surface area is 132 Å². The third-order valence-electron chi connectivity index (χ3n) is 2.71. The van der Waals surface area contributed by atoms with E-state index in [0.717, 1.165) is 4.88 Å². The lowest BCUT2D eigenvalue weighted by atomic mass is 10.1. The first kappa shape index (κ1) is 15.3. The molecular weight excluding hydrogens is 304 g/mol. The number of nitriles is 1. The molecule has 0 fully saturated rings. The largest absolute Gasteiger partial charge is 0.382 e. The maximum atomic E-state index is 12.4. The van der Waals surface area contributed by atoms with Crippen molar-refractivity contribution < 1.29 is 4.79 Å². The fourth-order valence-corrected chi connectivity index (χ4v) is 2.81. The van der Waals surface area contributed by atoms with Crippen LogP contribution in [0.2, 0.25) is 5.02 Å². The molecule has 21 heavy (non-hydrogen) atoms. The Morgan fingerprint density at radius 1 is 1.19 bits per heavy atom. The summed E-state index contributed by atoms with van der Waals surface area (Å²) in [4.78, 5) is 15.5. The van der Waals surface area contributed by atoms with Crippen LogP contribution >= 0.6 is 22.9 Å². The summed E-state index contributed by atoms with van der Waals surface area (Å²) in [5.41, 5.74) is 1.13. The molecule has 0 aliphatic carbocycles. The molecule has 0 saturated carbocycles. The van der Waals surface area contributed by atoms with Gasteiger partial charge in [0.1, 0.15) is 6.07 Å². The maximum Gasteiger partial charge on any atom is 0.202 e. The molecule has 5 heteroatoms. The SMILES string of the molecule is CN(C)C=C(C#N)c1ccc(C(=O)c2ccc(Cl)cc2)s1. The summed E-state index contributed by atoms with van der Waals surface area (Å²) in [7, 11) is 3.70. The summed E-state index contributed by atoms with van der Waals surface area (Å²) in [5, 5.41) is 9.78. The van der Waals surface area contributed by atoms with E-state index in [9.17, 15) is 10.1 Å². The fraction of sp³-hybridized carbons (Fsp3) is 0.125. The molecule has 0 N–H and O–H groups in total. The minimum atomic E-state index is -0.0648. The van der Waals surface area contributed by atoms with Gasteiger partial charge in [-0.1, -0.05) is 11.6 Å². The van der Waals surface area contributed by atoms with Crippen molar-refractivity contribution in [2.75, 3.05) is 14.1 Å². The van der Waals surface area contributed by atoms with Crippen LogP contribution in [-0.4, -0.2) is 24.8 Å². The summed E-state index contributed by atoms with van der Waals surface area (Å²) in [6.07, 6.45) is 1.74. The topological polar surface area (TPSA) is 44.1 Å². The van der Waals surface area contributed by atoms with Gasteiger partial charge in [0.15, 0.2) is 0 Å². The lowest BCUT2D eigenvalue weighted by molar-refractivity contribution is 0.104. The lowest BCUT2D eigenvalue weighted by Crippen LogP contribution is -2.01. The molecule has 0 atom stereocenters. The van der Waals surface area contributed by atoms with Crippen LogP contribution in [0, 0.1) is 11.3 Å². The van der Waals surface area contributed by atoms with Crippen molar-refractivity contribution >= 4 is 34.3 Å². The zero-order chi connectivity index (χ0) is 15.4. The highest BCUT2D eigenvalue weighted by atomic mass is 35.5. The second-order valence-electron chi connectivity index (χ2n) is 4.62. The Kier molecular flexibility index (Phi) is 4.79. The van der Waals surface area contributed by atoms with Gasteiger partial charge in [0.2, 0.25) is 5.78 Å². The summed E-state index contributed by atoms with van der Waals surface area (Å²) >= 11 is 7.13. The summed E-state index contributed by atoms with van der Waals surface area (Å²) < 4.78 is 0. The molecular formula is C16H13ClN2OS. The molecule has 1 aromatic carbocycles. The van der Waals surface area contributed by atoms with E-state index in [1.54, 1.807) is 47.5 Å². The van der Waals surface area contributed by atoms with Crippen molar-refractivity contribution in [1.82, 2.24) is 4.90 Å². The van der Waals surface area contributed by atoms with Gasteiger partial charge in [-0.25, -0.2) is 0 Å². The van der Waals surface area contributed by atoms with Gasteiger partial charge in [-0.05, 0) is 36.4 Å². The predicted molar refractivity (Wildman–Crippen MR) is 86.5 cm³/mol. The van der Waals surface area contributed by atoms with E-state index in [4.69, 9.17) is 11.6 Å². The third-order valence-corrected chi connectivity index (χ3v) is 4.08. The first-order chi connectivity index (χ1) is 10.0. The second-order valence-corrected chi connectivity index (χ2v) is 6.14. The number of halogens is 1. The molecule has 0 saturated heterocycles. The van der Waals surface area contributed by atoms with Crippen LogP contribution in [0.5, 0.6) is 0 Å². The van der Waals surface area contributed by atoms with E-state index >= 15 is 0 Å². The maximum absolute atomic E-state index is 12.4.